The summed E-state index contributed by atoms with van der Waals surface area (Å²) in [6.45, 7) is 4.23. The van der Waals surface area contributed by atoms with E-state index in [-0.39, 0.29) is 6.04 Å². The summed E-state index contributed by atoms with van der Waals surface area (Å²) in [6, 6.07) is 10.5. The lowest BCUT2D eigenvalue weighted by Crippen LogP contribution is -2.06. The Morgan fingerprint density at radius 2 is 2.14 bits per heavy atom. The second kappa shape index (κ2) is 5.99. The quantitative estimate of drug-likeness (QED) is 0.705. The number of aromatic nitrogens is 2. The van der Waals surface area contributed by atoms with E-state index >= 15 is 0 Å². The molecule has 0 spiro atoms. The molecule has 1 unspecified atom stereocenters. The van der Waals surface area contributed by atoms with E-state index in [0.717, 1.165) is 20.6 Å². The zero-order valence-corrected chi connectivity index (χ0v) is 14.0. The van der Waals surface area contributed by atoms with Crippen LogP contribution in [0.4, 0.5) is 5.69 Å². The molecule has 3 rings (SSSR count). The lowest BCUT2D eigenvalue weighted by molar-refractivity contribution is 0.568. The molecular formula is C15H14BrN3OS. The number of nitrogens with zero attached hydrogens (tertiary/aromatic N) is 2. The van der Waals surface area contributed by atoms with Gasteiger partial charge in [-0.25, -0.2) is 0 Å². The first-order valence-electron chi connectivity index (χ1n) is 6.52. The molecular weight excluding hydrogens is 350 g/mol. The number of thiophene rings is 1. The third-order valence-corrected chi connectivity index (χ3v) is 5.03. The van der Waals surface area contributed by atoms with Gasteiger partial charge in [0, 0.05) is 16.1 Å². The predicted octanol–water partition coefficient (Wildman–Crippen LogP) is 5.04. The number of rotatable bonds is 4. The molecule has 0 radical (unpaired) electrons. The van der Waals surface area contributed by atoms with Crippen LogP contribution in [-0.2, 0) is 0 Å². The van der Waals surface area contributed by atoms with E-state index < -0.39 is 0 Å². The third kappa shape index (κ3) is 3.16. The van der Waals surface area contributed by atoms with Crippen molar-refractivity contribution < 1.29 is 4.42 Å². The van der Waals surface area contributed by atoms with Crippen molar-refractivity contribution in [3.8, 4) is 11.5 Å². The van der Waals surface area contributed by atoms with Crippen LogP contribution in [0.2, 0.25) is 0 Å². The van der Waals surface area contributed by atoms with E-state index in [9.17, 15) is 0 Å². The molecule has 1 atom stereocenters. The van der Waals surface area contributed by atoms with Gasteiger partial charge in [-0.2, -0.15) is 0 Å². The zero-order valence-electron chi connectivity index (χ0n) is 11.6. The first-order chi connectivity index (χ1) is 10.1. The third-order valence-electron chi connectivity index (χ3n) is 3.23. The summed E-state index contributed by atoms with van der Waals surface area (Å²) in [6.07, 6.45) is 1.34. The Morgan fingerprint density at radius 1 is 1.29 bits per heavy atom. The molecule has 0 aliphatic heterocycles. The van der Waals surface area contributed by atoms with Gasteiger partial charge in [-0.3, -0.25) is 0 Å². The van der Waals surface area contributed by atoms with Gasteiger partial charge in [0.1, 0.15) is 0 Å². The number of hydrogen-bond acceptors (Lipinski definition) is 5. The molecule has 0 bridgehead atoms. The maximum Gasteiger partial charge on any atom is 0.247 e. The molecule has 0 fully saturated rings. The number of hydrogen-bond donors (Lipinski definition) is 1. The Hall–Kier alpha value is -1.66. The minimum absolute atomic E-state index is 0.259. The van der Waals surface area contributed by atoms with Crippen LogP contribution in [0.5, 0.6) is 0 Å². The van der Waals surface area contributed by atoms with Crippen LogP contribution >= 0.6 is 27.3 Å². The van der Waals surface area contributed by atoms with Gasteiger partial charge in [0.15, 0.2) is 0 Å². The van der Waals surface area contributed by atoms with Gasteiger partial charge in [-0.05, 0) is 65.7 Å². The predicted molar refractivity (Wildman–Crippen MR) is 88.5 cm³/mol. The average Bonchev–Trinajstić information content (AvgIpc) is 3.12. The average molecular weight is 364 g/mol. The summed E-state index contributed by atoms with van der Waals surface area (Å²) in [5.41, 5.74) is 3.19. The summed E-state index contributed by atoms with van der Waals surface area (Å²) >= 11 is 5.24. The Labute approximate surface area is 135 Å². The largest absolute Gasteiger partial charge is 0.423 e. The SMILES string of the molecule is Cc1cc(-c2nnco2)ccc1NC(C)c1ccc(Br)s1. The maximum atomic E-state index is 5.22. The molecule has 6 heteroatoms. The zero-order chi connectivity index (χ0) is 14.8. The molecule has 108 valence electrons. The molecule has 0 aliphatic rings. The van der Waals surface area contributed by atoms with Crippen molar-refractivity contribution in [2.24, 2.45) is 0 Å². The van der Waals surface area contributed by atoms with Gasteiger partial charge in [0.25, 0.3) is 0 Å². The smallest absolute Gasteiger partial charge is 0.247 e. The Morgan fingerprint density at radius 3 is 2.76 bits per heavy atom. The highest BCUT2D eigenvalue weighted by Crippen LogP contribution is 2.31. The van der Waals surface area contributed by atoms with Crippen molar-refractivity contribution in [2.75, 3.05) is 5.32 Å². The van der Waals surface area contributed by atoms with Crippen molar-refractivity contribution in [1.29, 1.82) is 0 Å². The van der Waals surface area contributed by atoms with Crippen LogP contribution < -0.4 is 5.32 Å². The molecule has 0 amide bonds. The van der Waals surface area contributed by atoms with Gasteiger partial charge in [-0.15, -0.1) is 21.5 Å². The first kappa shape index (κ1) is 14.3. The number of benzene rings is 1. The molecule has 21 heavy (non-hydrogen) atoms. The van der Waals surface area contributed by atoms with Crippen molar-refractivity contribution in [2.45, 2.75) is 19.9 Å². The maximum absolute atomic E-state index is 5.22. The van der Waals surface area contributed by atoms with Crippen LogP contribution in [0.15, 0.2) is 44.9 Å². The van der Waals surface area contributed by atoms with E-state index in [1.165, 1.54) is 11.3 Å². The van der Waals surface area contributed by atoms with Crippen LogP contribution in [0.3, 0.4) is 0 Å². The molecule has 4 nitrogen and oxygen atoms in total. The summed E-state index contributed by atoms with van der Waals surface area (Å²) in [4.78, 5) is 1.29. The van der Waals surface area contributed by atoms with Gasteiger partial charge >= 0.3 is 0 Å². The summed E-state index contributed by atoms with van der Waals surface area (Å²) in [5, 5.41) is 11.2. The van der Waals surface area contributed by atoms with Gasteiger partial charge in [0.2, 0.25) is 12.3 Å². The van der Waals surface area contributed by atoms with E-state index in [1.54, 1.807) is 11.3 Å². The highest BCUT2D eigenvalue weighted by atomic mass is 79.9. The monoisotopic (exact) mass is 363 g/mol. The fraction of sp³-hybridized carbons (Fsp3) is 0.200. The van der Waals surface area contributed by atoms with Crippen molar-refractivity contribution in [3.05, 3.63) is 51.0 Å². The number of halogens is 1. The highest BCUT2D eigenvalue weighted by Gasteiger charge is 2.11. The van der Waals surface area contributed by atoms with Crippen molar-refractivity contribution in [3.63, 3.8) is 0 Å². The lowest BCUT2D eigenvalue weighted by Gasteiger charge is -2.16. The van der Waals surface area contributed by atoms with Crippen LogP contribution in [0, 0.1) is 6.92 Å². The van der Waals surface area contributed by atoms with Crippen LogP contribution in [0.1, 0.15) is 23.4 Å². The molecule has 1 N–H and O–H groups in total. The molecule has 0 aliphatic carbocycles. The van der Waals surface area contributed by atoms with E-state index in [4.69, 9.17) is 4.42 Å². The molecule has 0 saturated carbocycles. The Bertz CT molecular complexity index is 739. The van der Waals surface area contributed by atoms with Gasteiger partial charge < -0.3 is 9.73 Å². The van der Waals surface area contributed by atoms with Crippen molar-refractivity contribution >= 4 is 33.0 Å². The van der Waals surface area contributed by atoms with E-state index in [2.05, 4.69) is 57.4 Å². The number of aryl methyl sites for hydroxylation is 1. The normalized spacial score (nSPS) is 12.3. The van der Waals surface area contributed by atoms with E-state index in [1.807, 2.05) is 18.2 Å². The molecule has 1 aromatic carbocycles. The number of anilines is 1. The molecule has 3 aromatic rings. The fourth-order valence-corrected chi connectivity index (χ4v) is 3.55. The molecule has 2 heterocycles. The summed E-state index contributed by atoms with van der Waals surface area (Å²) < 4.78 is 6.37. The lowest BCUT2D eigenvalue weighted by atomic mass is 10.1. The van der Waals surface area contributed by atoms with Crippen molar-refractivity contribution in [1.82, 2.24) is 10.2 Å². The van der Waals surface area contributed by atoms with Crippen LogP contribution in [-0.4, -0.2) is 10.2 Å². The second-order valence-corrected chi connectivity index (χ2v) is 7.28. The molecule has 0 saturated heterocycles. The first-order valence-corrected chi connectivity index (χ1v) is 8.13. The van der Waals surface area contributed by atoms with Crippen LogP contribution in [0.25, 0.3) is 11.5 Å². The Kier molecular flexibility index (Phi) is 4.07. The summed E-state index contributed by atoms with van der Waals surface area (Å²) in [5.74, 6) is 0.542. The summed E-state index contributed by atoms with van der Waals surface area (Å²) in [7, 11) is 0. The minimum atomic E-state index is 0.259. The molecule has 2 aromatic heterocycles. The van der Waals surface area contributed by atoms with Gasteiger partial charge in [0.05, 0.1) is 9.83 Å². The standard InChI is InChI=1S/C15H14BrN3OS/c1-9-7-11(15-19-17-8-20-15)3-4-12(9)18-10(2)13-5-6-14(16)21-13/h3-8,10,18H,1-2H3. The fourth-order valence-electron chi connectivity index (χ4n) is 2.12. The van der Waals surface area contributed by atoms with Gasteiger partial charge in [-0.1, -0.05) is 0 Å². The minimum Gasteiger partial charge on any atom is -0.423 e. The number of nitrogens with one attached hydrogen (secondary N) is 1. The second-order valence-electron chi connectivity index (χ2n) is 4.78. The van der Waals surface area contributed by atoms with E-state index in [0.29, 0.717) is 5.89 Å². The highest BCUT2D eigenvalue weighted by molar-refractivity contribution is 9.11. The Balaban J connectivity index is 1.80. The topological polar surface area (TPSA) is 51.0 Å².